The summed E-state index contributed by atoms with van der Waals surface area (Å²) in [4.78, 5) is 23.3. The number of carboxylic acid groups (broad SMARTS) is 2. The lowest BCUT2D eigenvalue weighted by molar-refractivity contribution is 0.0686. The van der Waals surface area contributed by atoms with Crippen molar-refractivity contribution in [1.82, 2.24) is 0 Å². The van der Waals surface area contributed by atoms with Crippen LogP contribution in [-0.4, -0.2) is 22.2 Å². The third kappa shape index (κ3) is 7.65. The van der Waals surface area contributed by atoms with Crippen molar-refractivity contribution in [2.45, 2.75) is 18.6 Å². The average Bonchev–Trinajstić information content (AvgIpc) is 3.93. The molecule has 12 aromatic rings. The fraction of sp³-hybridized carbons (Fsp3) is 0.0435. The maximum Gasteiger partial charge on any atom is 0.335 e. The molecule has 0 fully saturated rings. The molecule has 0 aromatic heterocycles. The monoisotopic (exact) mass is 970 g/mol. The van der Waals surface area contributed by atoms with E-state index in [9.17, 15) is 19.8 Å². The summed E-state index contributed by atoms with van der Waals surface area (Å²) in [6.45, 7) is 0.524. The average molecular weight is 971 g/mol. The number of aromatic carboxylic acids is 2. The summed E-state index contributed by atoms with van der Waals surface area (Å²) in [6, 6.07) is 83.3. The molecule has 0 heterocycles. The number of fused-ring (bicyclic) bond motifs is 7. The van der Waals surface area contributed by atoms with Crippen LogP contribution in [0.25, 0.3) is 76.5 Å². The summed E-state index contributed by atoms with van der Waals surface area (Å²) in [6.07, 6.45) is 0. The van der Waals surface area contributed by atoms with E-state index in [4.69, 9.17) is 9.47 Å². The summed E-state index contributed by atoms with van der Waals surface area (Å²) in [5.41, 5.74) is 12.6. The highest BCUT2D eigenvalue weighted by molar-refractivity contribution is 6.10. The van der Waals surface area contributed by atoms with E-state index in [-0.39, 0.29) is 24.3 Å². The largest absolute Gasteiger partial charge is 0.488 e. The predicted molar refractivity (Wildman–Crippen MR) is 300 cm³/mol. The first-order valence-electron chi connectivity index (χ1n) is 25.0. The molecular formula is C69H46O6. The van der Waals surface area contributed by atoms with Gasteiger partial charge in [0.05, 0.1) is 16.5 Å². The van der Waals surface area contributed by atoms with Crippen LogP contribution in [0.5, 0.6) is 11.5 Å². The van der Waals surface area contributed by atoms with Gasteiger partial charge in [0.25, 0.3) is 0 Å². The van der Waals surface area contributed by atoms with E-state index in [0.29, 0.717) is 0 Å². The van der Waals surface area contributed by atoms with Crippen LogP contribution in [-0.2, 0) is 18.6 Å². The molecule has 13 rings (SSSR count). The minimum atomic E-state index is -0.964. The Kier molecular flexibility index (Phi) is 11.0. The number of ether oxygens (including phenoxy) is 2. The zero-order valence-electron chi connectivity index (χ0n) is 40.5. The van der Waals surface area contributed by atoms with Crippen LogP contribution in [0.4, 0.5) is 0 Å². The molecule has 0 unspecified atom stereocenters. The SMILES string of the molecule is O=C(O)c1ccc(COc2ccc3cc(C4(c5ccc6c(-c7cccc8ccccc78)c(OCc7ccc(C(=O)O)cc7)ccc6c5)c5ccccc5-c5ccccc54)ccc3c2-c2cccc3ccccc23)cc1. The molecule has 0 saturated carbocycles. The van der Waals surface area contributed by atoms with E-state index in [2.05, 4.69) is 194 Å². The van der Waals surface area contributed by atoms with Crippen LogP contribution < -0.4 is 9.47 Å². The van der Waals surface area contributed by atoms with Gasteiger partial charge in [0.15, 0.2) is 0 Å². The zero-order chi connectivity index (χ0) is 50.6. The smallest absolute Gasteiger partial charge is 0.335 e. The second kappa shape index (κ2) is 18.4. The van der Waals surface area contributed by atoms with Crippen LogP contribution in [0, 0.1) is 0 Å². The Labute approximate surface area is 433 Å². The maximum atomic E-state index is 11.6. The summed E-state index contributed by atoms with van der Waals surface area (Å²) >= 11 is 0. The van der Waals surface area contributed by atoms with Gasteiger partial charge in [-0.15, -0.1) is 0 Å². The minimum absolute atomic E-state index is 0.232. The highest BCUT2D eigenvalue weighted by Gasteiger charge is 2.46. The molecule has 6 heteroatoms. The Hall–Kier alpha value is -9.78. The molecule has 0 spiro atoms. The van der Waals surface area contributed by atoms with Gasteiger partial charge in [-0.3, -0.25) is 0 Å². The molecule has 12 aromatic carbocycles. The van der Waals surface area contributed by atoms with E-state index in [1.54, 1.807) is 24.3 Å². The fourth-order valence-electron chi connectivity index (χ4n) is 11.6. The van der Waals surface area contributed by atoms with Crippen molar-refractivity contribution in [3.63, 3.8) is 0 Å². The van der Waals surface area contributed by atoms with Crippen molar-refractivity contribution in [2.75, 3.05) is 0 Å². The third-order valence-electron chi connectivity index (χ3n) is 15.1. The quantitative estimate of drug-likeness (QED) is 0.127. The fourth-order valence-corrected chi connectivity index (χ4v) is 11.6. The number of hydrogen-bond acceptors (Lipinski definition) is 4. The Bertz CT molecular complexity index is 3960. The predicted octanol–water partition coefficient (Wildman–Crippen LogP) is 16.6. The van der Waals surface area contributed by atoms with Crippen molar-refractivity contribution in [2.24, 2.45) is 0 Å². The van der Waals surface area contributed by atoms with E-state index in [1.165, 1.54) is 22.3 Å². The van der Waals surface area contributed by atoms with Crippen molar-refractivity contribution >= 4 is 55.0 Å². The molecule has 6 nitrogen and oxygen atoms in total. The Balaban J connectivity index is 1.00. The van der Waals surface area contributed by atoms with Crippen LogP contribution in [0.15, 0.2) is 243 Å². The van der Waals surface area contributed by atoms with Gasteiger partial charge in [-0.25, -0.2) is 9.59 Å². The van der Waals surface area contributed by atoms with Crippen LogP contribution in [0.1, 0.15) is 54.1 Å². The molecule has 1 aliphatic rings. The topological polar surface area (TPSA) is 93.1 Å². The molecule has 2 N–H and O–H groups in total. The Morgan fingerprint density at radius 2 is 0.733 bits per heavy atom. The maximum absolute atomic E-state index is 11.6. The summed E-state index contributed by atoms with van der Waals surface area (Å²) in [5, 5.41) is 27.8. The van der Waals surface area contributed by atoms with Crippen LogP contribution in [0.2, 0.25) is 0 Å². The van der Waals surface area contributed by atoms with Gasteiger partial charge in [0.2, 0.25) is 0 Å². The van der Waals surface area contributed by atoms with Gasteiger partial charge in [-0.1, -0.05) is 194 Å². The first-order chi connectivity index (χ1) is 36.8. The second-order valence-electron chi connectivity index (χ2n) is 19.2. The molecule has 0 aliphatic heterocycles. The summed E-state index contributed by atoms with van der Waals surface area (Å²) < 4.78 is 13.5. The number of hydrogen-bond donors (Lipinski definition) is 2. The normalized spacial score (nSPS) is 12.4. The Morgan fingerprint density at radius 1 is 0.347 bits per heavy atom. The highest BCUT2D eigenvalue weighted by Crippen LogP contribution is 2.57. The Morgan fingerprint density at radius 3 is 1.17 bits per heavy atom. The van der Waals surface area contributed by atoms with Gasteiger partial charge >= 0.3 is 11.9 Å². The standard InChI is InChI=1S/C69H46O6/c70-67(71)47-27-23-43(24-28-47)41-74-63-37-31-49-39-51(33-35-55(49)65(63)59-19-9-13-45-11-1-3-15-53(45)59)69(61-21-7-5-17-57(61)58-18-6-8-22-62(58)69)52-34-36-56-50(40-52)32-38-64(75-42-44-25-29-48(30-26-44)68(72)73)66(56)60-20-10-14-46-12-2-4-16-54(46)60/h1-40H,41-42H2,(H,70,71)(H,72,73). The van der Waals surface area contributed by atoms with Crippen molar-refractivity contribution < 1.29 is 29.3 Å². The molecular weight excluding hydrogens is 925 g/mol. The molecule has 0 amide bonds. The first-order valence-corrected chi connectivity index (χ1v) is 25.0. The molecule has 75 heavy (non-hydrogen) atoms. The van der Waals surface area contributed by atoms with Gasteiger partial charge in [0, 0.05) is 11.1 Å². The van der Waals surface area contributed by atoms with E-state index in [0.717, 1.165) is 99.1 Å². The van der Waals surface area contributed by atoms with Gasteiger partial charge < -0.3 is 19.7 Å². The van der Waals surface area contributed by atoms with Gasteiger partial charge in [-0.05, 0) is 147 Å². The molecule has 358 valence electrons. The molecule has 0 radical (unpaired) electrons. The molecule has 0 saturated heterocycles. The third-order valence-corrected chi connectivity index (χ3v) is 15.1. The number of carbonyl (C=O) groups is 2. The van der Waals surface area contributed by atoms with E-state index < -0.39 is 17.4 Å². The van der Waals surface area contributed by atoms with Gasteiger partial charge in [-0.2, -0.15) is 0 Å². The van der Waals surface area contributed by atoms with Crippen LogP contribution >= 0.6 is 0 Å². The minimum Gasteiger partial charge on any atom is -0.488 e. The zero-order valence-corrected chi connectivity index (χ0v) is 40.5. The molecule has 0 atom stereocenters. The van der Waals surface area contributed by atoms with Crippen molar-refractivity contribution in [3.05, 3.63) is 287 Å². The summed E-state index contributed by atoms with van der Waals surface area (Å²) in [7, 11) is 0. The number of benzene rings is 12. The number of carboxylic acids is 2. The lowest BCUT2D eigenvalue weighted by Crippen LogP contribution is -2.28. The van der Waals surface area contributed by atoms with Crippen LogP contribution in [0.3, 0.4) is 0 Å². The first kappa shape index (κ1) is 45.1. The lowest BCUT2D eigenvalue weighted by atomic mass is 9.67. The van der Waals surface area contributed by atoms with Crippen molar-refractivity contribution in [3.8, 4) is 44.9 Å². The van der Waals surface area contributed by atoms with E-state index in [1.807, 2.05) is 24.3 Å². The van der Waals surface area contributed by atoms with Gasteiger partial charge in [0.1, 0.15) is 24.7 Å². The second-order valence-corrected chi connectivity index (χ2v) is 19.2. The highest BCUT2D eigenvalue weighted by atomic mass is 16.5. The molecule has 0 bridgehead atoms. The van der Waals surface area contributed by atoms with Crippen molar-refractivity contribution in [1.29, 1.82) is 0 Å². The molecule has 1 aliphatic carbocycles. The van der Waals surface area contributed by atoms with E-state index >= 15 is 0 Å². The summed E-state index contributed by atoms with van der Waals surface area (Å²) in [5.74, 6) is -0.463. The lowest BCUT2D eigenvalue weighted by Gasteiger charge is -2.34. The number of rotatable bonds is 12.